The predicted octanol–water partition coefficient (Wildman–Crippen LogP) is 3.66. The van der Waals surface area contributed by atoms with Gasteiger partial charge < -0.3 is 23.8 Å². The molecule has 9 heteroatoms. The number of aromatic nitrogens is 2. The lowest BCUT2D eigenvalue weighted by molar-refractivity contribution is 0.0921. The zero-order valence-electron chi connectivity index (χ0n) is 15.1. The number of ether oxygens (including phenoxy) is 2. The third kappa shape index (κ3) is 4.13. The molecule has 1 amide bonds. The van der Waals surface area contributed by atoms with Crippen molar-refractivity contribution in [2.75, 3.05) is 13.2 Å². The van der Waals surface area contributed by atoms with Crippen molar-refractivity contribution in [3.05, 3.63) is 58.8 Å². The number of carbonyl (C=O) groups is 1. The maximum atomic E-state index is 12.4. The lowest BCUT2D eigenvalue weighted by Gasteiger charge is -2.20. The fraction of sp³-hybridized carbons (Fsp3) is 0.263. The lowest BCUT2D eigenvalue weighted by atomic mass is 10.2. The predicted molar refractivity (Wildman–Crippen MR) is 105 cm³/mol. The Hall–Kier alpha value is -2.58. The highest BCUT2D eigenvalue weighted by atomic mass is 35.5. The van der Waals surface area contributed by atoms with Gasteiger partial charge in [-0.15, -0.1) is 0 Å². The number of rotatable bonds is 6. The van der Waals surface area contributed by atoms with Crippen LogP contribution in [0.3, 0.4) is 0 Å². The molecule has 0 radical (unpaired) electrons. The Kier molecular flexibility index (Phi) is 5.50. The third-order valence-corrected chi connectivity index (χ3v) is 5.48. The van der Waals surface area contributed by atoms with Crippen molar-refractivity contribution in [2.45, 2.75) is 17.5 Å². The average molecular weight is 420 g/mol. The summed E-state index contributed by atoms with van der Waals surface area (Å²) in [6, 6.07) is 7.04. The number of hydrogen-bond donors (Lipinski definition) is 1. The van der Waals surface area contributed by atoms with E-state index >= 15 is 0 Å². The number of nitrogens with one attached hydrogen (secondary N) is 1. The molecule has 0 aliphatic carbocycles. The van der Waals surface area contributed by atoms with Crippen LogP contribution in [0.1, 0.15) is 21.9 Å². The summed E-state index contributed by atoms with van der Waals surface area (Å²) in [6.07, 6.45) is 3.63. The summed E-state index contributed by atoms with van der Waals surface area (Å²) in [5.41, 5.74) is 0.819. The molecule has 0 saturated heterocycles. The van der Waals surface area contributed by atoms with E-state index in [1.54, 1.807) is 36.2 Å². The van der Waals surface area contributed by atoms with Gasteiger partial charge in [0.05, 0.1) is 10.8 Å². The Bertz CT molecular complexity index is 1000. The molecule has 146 valence electrons. The van der Waals surface area contributed by atoms with Gasteiger partial charge in [0.15, 0.2) is 22.4 Å². The molecule has 0 fully saturated rings. The second kappa shape index (κ2) is 8.20. The van der Waals surface area contributed by atoms with Gasteiger partial charge in [-0.05, 0) is 29.8 Å². The largest absolute Gasteiger partial charge is 0.486 e. The summed E-state index contributed by atoms with van der Waals surface area (Å²) in [5.74, 6) is 2.41. The second-order valence-corrected chi connectivity index (χ2v) is 7.51. The Morgan fingerprint density at radius 3 is 3.00 bits per heavy atom. The highest BCUT2D eigenvalue weighted by molar-refractivity contribution is 7.98. The fourth-order valence-electron chi connectivity index (χ4n) is 2.74. The fourth-order valence-corrected chi connectivity index (χ4v) is 3.85. The maximum Gasteiger partial charge on any atom is 0.287 e. The standard InChI is InChI=1S/C19H18ClN3O4S/c1-23-5-4-21-19(23)28-11-13-2-3-15(27-13)18(24)22-10-12-8-14(20)17-16(9-12)25-6-7-26-17/h2-5,8-9H,6-7,10-11H2,1H3,(H,22,24). The normalized spacial score (nSPS) is 12.8. The first-order chi connectivity index (χ1) is 13.6. The quantitative estimate of drug-likeness (QED) is 0.614. The summed E-state index contributed by atoms with van der Waals surface area (Å²) in [7, 11) is 1.93. The van der Waals surface area contributed by atoms with Crippen molar-refractivity contribution in [1.82, 2.24) is 14.9 Å². The molecule has 1 aliphatic heterocycles. The molecule has 2 aromatic heterocycles. The van der Waals surface area contributed by atoms with E-state index in [1.807, 2.05) is 23.9 Å². The minimum atomic E-state index is -0.292. The van der Waals surface area contributed by atoms with Gasteiger partial charge in [-0.1, -0.05) is 23.4 Å². The number of benzene rings is 1. The van der Waals surface area contributed by atoms with Crippen molar-refractivity contribution < 1.29 is 18.7 Å². The van der Waals surface area contributed by atoms with E-state index in [0.29, 0.717) is 47.8 Å². The molecule has 7 nitrogen and oxygen atoms in total. The van der Waals surface area contributed by atoms with Gasteiger partial charge in [0.1, 0.15) is 19.0 Å². The smallest absolute Gasteiger partial charge is 0.287 e. The van der Waals surface area contributed by atoms with Gasteiger partial charge in [-0.2, -0.15) is 0 Å². The molecule has 1 N–H and O–H groups in total. The Morgan fingerprint density at radius 2 is 2.18 bits per heavy atom. The molecule has 0 unspecified atom stereocenters. The lowest BCUT2D eigenvalue weighted by Crippen LogP contribution is -2.22. The minimum Gasteiger partial charge on any atom is -0.486 e. The molecule has 1 aliphatic rings. The van der Waals surface area contributed by atoms with Crippen LogP contribution in [0.2, 0.25) is 5.02 Å². The Balaban J connectivity index is 1.35. The van der Waals surface area contributed by atoms with E-state index in [2.05, 4.69) is 10.3 Å². The van der Waals surface area contributed by atoms with Crippen molar-refractivity contribution in [1.29, 1.82) is 0 Å². The van der Waals surface area contributed by atoms with Crippen LogP contribution in [0, 0.1) is 0 Å². The molecule has 28 heavy (non-hydrogen) atoms. The summed E-state index contributed by atoms with van der Waals surface area (Å²) in [6.45, 7) is 1.25. The first-order valence-electron chi connectivity index (χ1n) is 8.65. The van der Waals surface area contributed by atoms with Gasteiger partial charge in [-0.25, -0.2) is 4.98 Å². The molecule has 1 aromatic carbocycles. The van der Waals surface area contributed by atoms with E-state index in [9.17, 15) is 4.79 Å². The van der Waals surface area contributed by atoms with Crippen LogP contribution in [0.15, 0.2) is 46.2 Å². The van der Waals surface area contributed by atoms with E-state index in [0.717, 1.165) is 10.7 Å². The summed E-state index contributed by atoms with van der Waals surface area (Å²) >= 11 is 7.77. The molecular weight excluding hydrogens is 402 g/mol. The SMILES string of the molecule is Cn1ccnc1SCc1ccc(C(=O)NCc2cc(Cl)c3c(c2)OCCO3)o1. The number of fused-ring (bicyclic) bond motifs is 1. The van der Waals surface area contributed by atoms with Crippen molar-refractivity contribution in [3.8, 4) is 11.5 Å². The minimum absolute atomic E-state index is 0.263. The number of amides is 1. The topological polar surface area (TPSA) is 78.5 Å². The average Bonchev–Trinajstić information content (AvgIpc) is 3.33. The molecule has 0 spiro atoms. The highest BCUT2D eigenvalue weighted by Gasteiger charge is 2.17. The van der Waals surface area contributed by atoms with Crippen LogP contribution in [0.4, 0.5) is 0 Å². The van der Waals surface area contributed by atoms with E-state index in [-0.39, 0.29) is 11.7 Å². The monoisotopic (exact) mass is 419 g/mol. The molecule has 0 saturated carbocycles. The van der Waals surface area contributed by atoms with Crippen molar-refractivity contribution in [3.63, 3.8) is 0 Å². The Morgan fingerprint density at radius 1 is 1.32 bits per heavy atom. The summed E-state index contributed by atoms with van der Waals surface area (Å²) < 4.78 is 18.6. The van der Waals surface area contributed by atoms with Crippen molar-refractivity contribution >= 4 is 29.3 Å². The number of hydrogen-bond acceptors (Lipinski definition) is 6. The van der Waals surface area contributed by atoms with Crippen LogP contribution in [0.5, 0.6) is 11.5 Å². The zero-order chi connectivity index (χ0) is 19.5. The van der Waals surface area contributed by atoms with E-state index in [1.165, 1.54) is 0 Å². The van der Waals surface area contributed by atoms with Gasteiger partial charge in [0, 0.05) is 26.0 Å². The highest BCUT2D eigenvalue weighted by Crippen LogP contribution is 2.38. The number of thioether (sulfide) groups is 1. The first kappa shape index (κ1) is 18.8. The number of carbonyl (C=O) groups excluding carboxylic acids is 1. The number of imidazole rings is 1. The van der Waals surface area contributed by atoms with Crippen LogP contribution >= 0.6 is 23.4 Å². The molecule has 3 heterocycles. The van der Waals surface area contributed by atoms with Crippen molar-refractivity contribution in [2.24, 2.45) is 7.05 Å². The van der Waals surface area contributed by atoms with Gasteiger partial charge >= 0.3 is 0 Å². The summed E-state index contributed by atoms with van der Waals surface area (Å²) in [5, 5.41) is 4.18. The molecular formula is C19H18ClN3O4S. The number of nitrogens with zero attached hydrogens (tertiary/aromatic N) is 2. The van der Waals surface area contributed by atoms with Crippen LogP contribution in [-0.4, -0.2) is 28.7 Å². The van der Waals surface area contributed by atoms with E-state index in [4.69, 9.17) is 25.5 Å². The second-order valence-electron chi connectivity index (χ2n) is 6.16. The van der Waals surface area contributed by atoms with Gasteiger partial charge in [-0.3, -0.25) is 4.79 Å². The molecule has 4 rings (SSSR count). The maximum absolute atomic E-state index is 12.4. The Labute approximate surface area is 171 Å². The molecule has 3 aromatic rings. The molecule has 0 bridgehead atoms. The van der Waals surface area contributed by atoms with E-state index < -0.39 is 0 Å². The van der Waals surface area contributed by atoms with Crippen LogP contribution in [-0.2, 0) is 19.3 Å². The zero-order valence-corrected chi connectivity index (χ0v) is 16.7. The number of halogens is 1. The van der Waals surface area contributed by atoms with Gasteiger partial charge in [0.25, 0.3) is 5.91 Å². The number of aryl methyl sites for hydroxylation is 1. The first-order valence-corrected chi connectivity index (χ1v) is 10.0. The number of furan rings is 1. The summed E-state index contributed by atoms with van der Waals surface area (Å²) in [4.78, 5) is 16.6. The van der Waals surface area contributed by atoms with Crippen LogP contribution in [0.25, 0.3) is 0 Å². The van der Waals surface area contributed by atoms with Crippen LogP contribution < -0.4 is 14.8 Å². The third-order valence-electron chi connectivity index (χ3n) is 4.12. The molecule has 0 atom stereocenters. The van der Waals surface area contributed by atoms with Gasteiger partial charge in [0.2, 0.25) is 0 Å².